The van der Waals surface area contributed by atoms with Gasteiger partial charge in [0.05, 0.1) is 5.75 Å². The average molecular weight is 560 g/mol. The summed E-state index contributed by atoms with van der Waals surface area (Å²) in [6, 6.07) is 17.8. The Kier molecular flexibility index (Phi) is 12.0. The molecule has 5 nitrogen and oxygen atoms in total. The average Bonchev–Trinajstić information content (AvgIpc) is 3.34. The highest BCUT2D eigenvalue weighted by atomic mass is 32.2. The summed E-state index contributed by atoms with van der Waals surface area (Å²) in [5, 5.41) is 5.36. The van der Waals surface area contributed by atoms with Gasteiger partial charge in [-0.15, -0.1) is 0 Å². The fourth-order valence-corrected chi connectivity index (χ4v) is 5.39. The van der Waals surface area contributed by atoms with Gasteiger partial charge in [-0.05, 0) is 90.8 Å². The van der Waals surface area contributed by atoms with Crippen molar-refractivity contribution >= 4 is 39.9 Å². The number of allylic oxidation sites excluding steroid dienone is 1. The van der Waals surface area contributed by atoms with E-state index in [-0.39, 0.29) is 5.91 Å². The zero-order valence-corrected chi connectivity index (χ0v) is 25.7. The molecule has 2 unspecified atom stereocenters. The molecule has 0 aliphatic rings. The number of rotatable bonds is 13. The third-order valence-electron chi connectivity index (χ3n) is 7.20. The Morgan fingerprint density at radius 3 is 2.30 bits per heavy atom. The molecule has 2 aromatic carbocycles. The van der Waals surface area contributed by atoms with Gasteiger partial charge in [-0.1, -0.05) is 83.0 Å². The van der Waals surface area contributed by atoms with E-state index in [0.29, 0.717) is 17.6 Å². The van der Waals surface area contributed by atoms with Crippen LogP contribution >= 0.6 is 0 Å². The Morgan fingerprint density at radius 1 is 1.00 bits per heavy atom. The Balaban J connectivity index is 1.57. The maximum absolute atomic E-state index is 12.8. The maximum atomic E-state index is 12.8. The maximum Gasteiger partial charge on any atom is 0.248 e. The van der Waals surface area contributed by atoms with E-state index in [9.17, 15) is 9.00 Å². The van der Waals surface area contributed by atoms with Crippen molar-refractivity contribution in [1.82, 2.24) is 4.98 Å². The van der Waals surface area contributed by atoms with Crippen molar-refractivity contribution in [3.05, 3.63) is 82.9 Å². The summed E-state index contributed by atoms with van der Waals surface area (Å²) in [6.07, 6.45) is 9.85. The van der Waals surface area contributed by atoms with Gasteiger partial charge in [-0.3, -0.25) is 4.79 Å². The summed E-state index contributed by atoms with van der Waals surface area (Å²) >= 11 is 0. The molecule has 3 N–H and O–H groups in total. The van der Waals surface area contributed by atoms with E-state index in [1.165, 1.54) is 16.1 Å². The molecule has 3 rings (SSSR count). The second-order valence-electron chi connectivity index (χ2n) is 10.9. The summed E-state index contributed by atoms with van der Waals surface area (Å²) in [5.41, 5.74) is 6.05. The van der Waals surface area contributed by atoms with Crippen molar-refractivity contribution in [1.29, 1.82) is 0 Å². The van der Waals surface area contributed by atoms with Gasteiger partial charge in [0.25, 0.3) is 0 Å². The summed E-state index contributed by atoms with van der Waals surface area (Å²) in [5.74, 6) is 1.36. The number of hydrogen-bond donors (Lipinski definition) is 3. The van der Waals surface area contributed by atoms with Gasteiger partial charge in [-0.2, -0.15) is 0 Å². The van der Waals surface area contributed by atoms with Gasteiger partial charge in [-0.25, -0.2) is 4.21 Å². The van der Waals surface area contributed by atoms with E-state index in [1.807, 2.05) is 42.5 Å². The molecular formula is C34H45N3O2S. The standard InChI is InChI=1S/C34H45N3O2S/c1-7-10-26(6)31-22-33(36-32(31)11-8-2)28-16-20-30(21-17-28)37-40(39)23-27-14-18-29(19-15-27)35-34(38)13-9-12-25(5)24(3)4/h9,11,13-22,24-25,36-37H,7-8,10,12,23H2,1-6H3,(H,35,38)/b13-9+,31-26-,32-11+. The molecular weight excluding hydrogens is 514 g/mol. The lowest BCUT2D eigenvalue weighted by molar-refractivity contribution is -0.111. The quantitative estimate of drug-likeness (QED) is 0.192. The van der Waals surface area contributed by atoms with Gasteiger partial charge in [0.2, 0.25) is 5.91 Å². The van der Waals surface area contributed by atoms with Crippen LogP contribution in [0.25, 0.3) is 22.9 Å². The van der Waals surface area contributed by atoms with Crippen LogP contribution in [-0.2, 0) is 21.5 Å². The lowest BCUT2D eigenvalue weighted by Crippen LogP contribution is -2.24. The van der Waals surface area contributed by atoms with Crippen molar-refractivity contribution in [3.63, 3.8) is 0 Å². The zero-order valence-electron chi connectivity index (χ0n) is 24.8. The number of carbonyl (C=O) groups excluding carboxylic acids is 1. The second-order valence-corrected chi connectivity index (χ2v) is 12.1. The van der Waals surface area contributed by atoms with Crippen molar-refractivity contribution in [2.75, 3.05) is 10.0 Å². The Hall–Kier alpha value is -3.38. The molecule has 3 aromatic rings. The lowest BCUT2D eigenvalue weighted by atomic mass is 9.95. The normalized spacial score (nSPS) is 14.4. The molecule has 6 heteroatoms. The topological polar surface area (TPSA) is 74.0 Å². The van der Waals surface area contributed by atoms with E-state index >= 15 is 0 Å². The Labute approximate surface area is 242 Å². The van der Waals surface area contributed by atoms with Gasteiger partial charge >= 0.3 is 0 Å². The number of aromatic nitrogens is 1. The van der Waals surface area contributed by atoms with E-state index in [4.69, 9.17) is 0 Å². The van der Waals surface area contributed by atoms with Crippen LogP contribution in [0.15, 0.2) is 66.7 Å². The first kappa shape index (κ1) is 31.2. The van der Waals surface area contributed by atoms with E-state index in [1.54, 1.807) is 6.08 Å². The Morgan fingerprint density at radius 2 is 1.68 bits per heavy atom. The molecule has 0 saturated carbocycles. The molecule has 40 heavy (non-hydrogen) atoms. The molecule has 0 fully saturated rings. The second kappa shape index (κ2) is 15.4. The summed E-state index contributed by atoms with van der Waals surface area (Å²) in [4.78, 5) is 15.8. The monoisotopic (exact) mass is 559 g/mol. The number of carbonyl (C=O) groups is 1. The summed E-state index contributed by atoms with van der Waals surface area (Å²) in [6.45, 7) is 13.1. The molecule has 1 aromatic heterocycles. The fraction of sp³-hybridized carbons (Fsp3) is 0.382. The number of amides is 1. The van der Waals surface area contributed by atoms with E-state index < -0.39 is 11.0 Å². The van der Waals surface area contributed by atoms with Crippen molar-refractivity contribution in [2.24, 2.45) is 11.8 Å². The van der Waals surface area contributed by atoms with Crippen LogP contribution in [0.2, 0.25) is 0 Å². The fourth-order valence-electron chi connectivity index (χ4n) is 4.42. The number of hydrogen-bond acceptors (Lipinski definition) is 2. The van der Waals surface area contributed by atoms with Crippen molar-refractivity contribution in [3.8, 4) is 11.3 Å². The highest BCUT2D eigenvalue weighted by Gasteiger charge is 2.07. The number of nitrogens with one attached hydrogen (secondary N) is 3. The summed E-state index contributed by atoms with van der Waals surface area (Å²) in [7, 11) is -1.28. The number of benzene rings is 2. The van der Waals surface area contributed by atoms with Crippen LogP contribution in [0.1, 0.15) is 72.8 Å². The smallest absolute Gasteiger partial charge is 0.248 e. The van der Waals surface area contributed by atoms with Crippen LogP contribution in [0.5, 0.6) is 0 Å². The highest BCUT2D eigenvalue weighted by molar-refractivity contribution is 7.85. The first-order chi connectivity index (χ1) is 19.2. The van der Waals surface area contributed by atoms with Crippen LogP contribution in [0.4, 0.5) is 11.4 Å². The van der Waals surface area contributed by atoms with Crippen LogP contribution in [-0.4, -0.2) is 15.1 Å². The molecule has 0 bridgehead atoms. The van der Waals surface area contributed by atoms with Gasteiger partial charge < -0.3 is 15.0 Å². The Bertz CT molecular complexity index is 1420. The molecule has 1 heterocycles. The molecule has 0 aliphatic carbocycles. The molecule has 0 aliphatic heterocycles. The first-order valence-corrected chi connectivity index (χ1v) is 15.7. The zero-order chi connectivity index (χ0) is 29.1. The molecule has 0 spiro atoms. The lowest BCUT2D eigenvalue weighted by Gasteiger charge is -2.12. The molecule has 0 radical (unpaired) electrons. The van der Waals surface area contributed by atoms with Gasteiger partial charge in [0.1, 0.15) is 11.0 Å². The van der Waals surface area contributed by atoms with Crippen molar-refractivity contribution in [2.45, 2.75) is 73.0 Å². The number of aromatic amines is 1. The molecule has 214 valence electrons. The highest BCUT2D eigenvalue weighted by Crippen LogP contribution is 2.20. The van der Waals surface area contributed by atoms with Gasteiger partial charge in [0.15, 0.2) is 0 Å². The minimum atomic E-state index is -1.28. The number of anilines is 2. The first-order valence-electron chi connectivity index (χ1n) is 14.4. The molecule has 0 saturated heterocycles. The van der Waals surface area contributed by atoms with E-state index in [0.717, 1.165) is 53.9 Å². The third-order valence-corrected chi connectivity index (χ3v) is 8.26. The predicted molar refractivity (Wildman–Crippen MR) is 173 cm³/mol. The van der Waals surface area contributed by atoms with Crippen LogP contribution < -0.4 is 20.6 Å². The van der Waals surface area contributed by atoms with Crippen LogP contribution in [0, 0.1) is 11.8 Å². The van der Waals surface area contributed by atoms with Gasteiger partial charge in [0, 0.05) is 22.4 Å². The minimum absolute atomic E-state index is 0.137. The van der Waals surface area contributed by atoms with E-state index in [2.05, 4.69) is 80.8 Å². The third kappa shape index (κ3) is 9.37. The molecule has 1 amide bonds. The number of H-pyrrole nitrogens is 1. The predicted octanol–water partition coefficient (Wildman–Crippen LogP) is 7.30. The molecule has 2 atom stereocenters. The largest absolute Gasteiger partial charge is 0.355 e. The summed E-state index contributed by atoms with van der Waals surface area (Å²) < 4.78 is 15.9. The minimum Gasteiger partial charge on any atom is -0.355 e. The van der Waals surface area contributed by atoms with Crippen LogP contribution in [0.3, 0.4) is 0 Å². The van der Waals surface area contributed by atoms with Crippen molar-refractivity contribution < 1.29 is 9.00 Å². The SMILES string of the molecule is CC/C=c1/[nH]c(-c2ccc(NS(=O)Cc3ccc(NC(=O)/C=C/CC(C)C(C)C)cc3)cc2)c/c1=C(\C)CCC.